The van der Waals surface area contributed by atoms with Crippen molar-refractivity contribution in [3.8, 4) is 17.2 Å². The van der Waals surface area contributed by atoms with Crippen molar-refractivity contribution in [1.82, 2.24) is 24.7 Å². The monoisotopic (exact) mass is 1130 g/mol. The number of fused-ring (bicyclic) bond motifs is 1. The van der Waals surface area contributed by atoms with Crippen LogP contribution >= 0.6 is 11.8 Å². The number of ketones is 1. The van der Waals surface area contributed by atoms with Crippen molar-refractivity contribution in [2.24, 2.45) is 17.3 Å². The second kappa shape index (κ2) is 25.9. The van der Waals surface area contributed by atoms with Crippen molar-refractivity contribution in [1.29, 1.82) is 0 Å². The molecule has 3 fully saturated rings. The van der Waals surface area contributed by atoms with E-state index in [0.29, 0.717) is 103 Å². The number of aliphatic carboxylic acids is 1. The Morgan fingerprint density at radius 1 is 0.901 bits per heavy atom. The zero-order valence-corrected chi connectivity index (χ0v) is 47.4. The maximum absolute atomic E-state index is 14.2. The Balaban J connectivity index is 0.921. The van der Waals surface area contributed by atoms with Crippen LogP contribution in [-0.4, -0.2) is 151 Å². The quantitative estimate of drug-likeness (QED) is 0.0198. The third-order valence-electron chi connectivity index (χ3n) is 15.8. The Labute approximate surface area is 474 Å². The first-order chi connectivity index (χ1) is 38.7. The van der Waals surface area contributed by atoms with E-state index in [-0.39, 0.29) is 48.0 Å². The van der Waals surface area contributed by atoms with Crippen LogP contribution in [0.25, 0.3) is 0 Å². The van der Waals surface area contributed by atoms with Crippen molar-refractivity contribution >= 4 is 64.8 Å². The first-order valence-electron chi connectivity index (χ1n) is 27.3. The molecule has 0 radical (unpaired) electrons. The molecule has 432 valence electrons. The normalized spacial score (nSPS) is 21.6. The van der Waals surface area contributed by atoms with E-state index < -0.39 is 77.2 Å². The fourth-order valence-electron chi connectivity index (χ4n) is 11.0. The van der Waals surface area contributed by atoms with E-state index in [0.717, 1.165) is 5.56 Å². The number of carbonyl (C=O) groups is 7. The Morgan fingerprint density at radius 2 is 1.64 bits per heavy atom. The summed E-state index contributed by atoms with van der Waals surface area (Å²) in [6.45, 7) is 10.0. The average Bonchev–Trinajstić information content (AvgIpc) is 4.05. The zero-order chi connectivity index (χ0) is 58.3. The van der Waals surface area contributed by atoms with Crippen LogP contribution in [0.5, 0.6) is 17.2 Å². The molecular weight excluding hydrogens is 1060 g/mol. The number of piperidine rings is 1. The van der Waals surface area contributed by atoms with Crippen molar-refractivity contribution in [2.45, 2.75) is 122 Å². The van der Waals surface area contributed by atoms with Crippen LogP contribution in [0.2, 0.25) is 0 Å². The lowest BCUT2D eigenvalue weighted by Gasteiger charge is -2.46. The van der Waals surface area contributed by atoms with E-state index in [9.17, 15) is 48.9 Å². The molecule has 4 aromatic rings. The third-order valence-corrected chi connectivity index (χ3v) is 17.2. The molecule has 3 amide bonds. The number of methoxy groups -OCH3 is 2. The van der Waals surface area contributed by atoms with Gasteiger partial charge in [0.15, 0.2) is 11.5 Å². The van der Waals surface area contributed by atoms with E-state index in [4.69, 9.17) is 18.9 Å². The second-order valence-corrected chi connectivity index (χ2v) is 22.9. The van der Waals surface area contributed by atoms with Crippen LogP contribution < -0.4 is 24.8 Å². The van der Waals surface area contributed by atoms with Crippen molar-refractivity contribution in [3.05, 3.63) is 112 Å². The molecular formula is C59H71N7O14S. The molecule has 5 N–H and O–H groups in total. The Bertz CT molecular complexity index is 3040. The smallest absolute Gasteiger partial charge is 0.353 e. The van der Waals surface area contributed by atoms with Gasteiger partial charge >= 0.3 is 17.9 Å². The van der Waals surface area contributed by atoms with Crippen LogP contribution in [-0.2, 0) is 46.5 Å². The van der Waals surface area contributed by atoms with E-state index in [1.165, 1.54) is 46.7 Å². The van der Waals surface area contributed by atoms with Gasteiger partial charge in [-0.2, -0.15) is 0 Å². The molecule has 1 aromatic heterocycles. The zero-order valence-electron chi connectivity index (χ0n) is 46.6. The number of hydrogen-bond acceptors (Lipinski definition) is 17. The van der Waals surface area contributed by atoms with Gasteiger partial charge in [-0.1, -0.05) is 52.0 Å². The molecule has 8 atom stereocenters. The summed E-state index contributed by atoms with van der Waals surface area (Å²) in [5, 5.41) is 36.0. The number of amides is 3. The number of carboxylic acid groups (broad SMARTS) is 2. The highest BCUT2D eigenvalue weighted by Crippen LogP contribution is 2.52. The number of hydrogen-bond donors (Lipinski definition) is 5. The number of aromatic nitrogens is 2. The summed E-state index contributed by atoms with van der Waals surface area (Å²) >= 11 is 1.32. The summed E-state index contributed by atoms with van der Waals surface area (Å²) in [6.07, 6.45) is 4.93. The molecule has 0 aliphatic carbocycles. The number of likely N-dealkylation sites (tertiary alicyclic amines) is 2. The van der Waals surface area contributed by atoms with Gasteiger partial charge in [-0.15, -0.1) is 11.8 Å². The maximum atomic E-state index is 14.2. The van der Waals surface area contributed by atoms with Gasteiger partial charge in [0, 0.05) is 64.8 Å². The largest absolute Gasteiger partial charge is 0.493 e. The van der Waals surface area contributed by atoms with Crippen LogP contribution in [0.3, 0.4) is 0 Å². The number of aliphatic hydroxyl groups is 1. The minimum atomic E-state index is -1.24. The van der Waals surface area contributed by atoms with Gasteiger partial charge in [-0.25, -0.2) is 24.4 Å². The van der Waals surface area contributed by atoms with E-state index in [1.54, 1.807) is 52.6 Å². The molecule has 8 rings (SSSR count). The standard InChI is InChI=1S/C59H71N7O14S/c1-8-59(4,5)51(68)54(71)65-23-10-9-17-42(65)57(76)80-44(20-18-35-19-21-45(77-6)46(25-35)78-7)37-13-12-16-40(27-37)79-24-22-60-58-61-29-36(30-62-58)31-64-32-41(28-43(64)52(69)63-39-15-11-14-38(26-39)55(72)73)81-50-33(2)48-47(34(3)67)53(70)66(48)49(50)56(74)75/h11-16,19,21,25-27,29-30,33-34,41-44,47-48,67H,8-10,17-18,20,22-24,28,31-32H2,1-7H3,(H,63,69)(H,72,73)(H,74,75)(H,60,61,62)/t33-,34-,41+,42+,43+,44-,47-,48-/m1/s1. The summed E-state index contributed by atoms with van der Waals surface area (Å²) in [6, 6.07) is 16.6. The van der Waals surface area contributed by atoms with Gasteiger partial charge < -0.3 is 54.7 Å². The Morgan fingerprint density at radius 3 is 2.33 bits per heavy atom. The number of ether oxygens (including phenoxy) is 4. The highest BCUT2D eigenvalue weighted by Gasteiger charge is 2.60. The van der Waals surface area contributed by atoms with Crippen molar-refractivity contribution < 1.29 is 67.8 Å². The fourth-order valence-corrected chi connectivity index (χ4v) is 12.5. The van der Waals surface area contributed by atoms with Gasteiger partial charge in [0.25, 0.3) is 5.91 Å². The van der Waals surface area contributed by atoms with Gasteiger partial charge in [-0.05, 0) is 105 Å². The topological polar surface area (TPSA) is 277 Å². The first-order valence-corrected chi connectivity index (χ1v) is 28.2. The molecule has 3 saturated heterocycles. The molecule has 0 bridgehead atoms. The van der Waals surface area contributed by atoms with Gasteiger partial charge in [0.2, 0.25) is 23.5 Å². The number of aromatic carboxylic acids is 1. The number of benzene rings is 3. The van der Waals surface area contributed by atoms with Gasteiger partial charge in [0.05, 0.1) is 50.4 Å². The number of anilines is 2. The summed E-state index contributed by atoms with van der Waals surface area (Å²) < 4.78 is 23.5. The number of aryl methyl sites for hydroxylation is 1. The Hall–Kier alpha value is -7.56. The van der Waals surface area contributed by atoms with E-state index in [1.807, 2.05) is 55.1 Å². The highest BCUT2D eigenvalue weighted by molar-refractivity contribution is 8.03. The van der Waals surface area contributed by atoms with Crippen LogP contribution in [0.1, 0.15) is 106 Å². The van der Waals surface area contributed by atoms with Crippen molar-refractivity contribution in [2.75, 3.05) is 51.1 Å². The lowest BCUT2D eigenvalue weighted by molar-refractivity contribution is -0.164. The van der Waals surface area contributed by atoms with E-state index >= 15 is 0 Å². The third kappa shape index (κ3) is 13.5. The SMILES string of the molecule is CCC(C)(C)C(=O)C(=O)N1CCCC[C@H]1C(=O)O[C@H](CCc1ccc(OC)c(OC)c1)c1cccc(OCCNc2ncc(CN3C[C@@H](SC4=C(C(=O)O)N5C(=O)[C@H]([C@@H](C)O)[C@H]5[C@H]4C)C[C@H]3C(=O)Nc3cccc(C(=O)O)c3)cn2)c1. The second-order valence-electron chi connectivity index (χ2n) is 21.6. The lowest BCUT2D eigenvalue weighted by Crippen LogP contribution is -2.63. The number of rotatable bonds is 25. The predicted molar refractivity (Wildman–Crippen MR) is 299 cm³/mol. The number of aliphatic hydroxyl groups excluding tert-OH is 1. The summed E-state index contributed by atoms with van der Waals surface area (Å²) in [5.74, 6) is -4.13. The molecule has 22 heteroatoms. The molecule has 3 aromatic carbocycles. The number of nitrogens with zero attached hydrogens (tertiary/aromatic N) is 5. The number of carbonyl (C=O) groups excluding carboxylic acids is 5. The lowest BCUT2D eigenvalue weighted by atomic mass is 9.79. The number of thioether (sulfide) groups is 1. The summed E-state index contributed by atoms with van der Waals surface area (Å²) in [7, 11) is 3.12. The number of Topliss-reactive ketones (excluding diaryl/α,β-unsaturated/α-hetero) is 1. The maximum Gasteiger partial charge on any atom is 0.353 e. The molecule has 4 aliphatic heterocycles. The molecule has 81 heavy (non-hydrogen) atoms. The number of β-lactam (4-membered cyclic amide) rings is 1. The van der Waals surface area contributed by atoms with Crippen LogP contribution in [0.4, 0.5) is 11.6 Å². The molecule has 0 saturated carbocycles. The summed E-state index contributed by atoms with van der Waals surface area (Å²) in [5.41, 5.74) is 1.59. The van der Waals surface area contributed by atoms with Gasteiger partial charge in [0.1, 0.15) is 30.2 Å². The van der Waals surface area contributed by atoms with Crippen LogP contribution in [0, 0.1) is 17.3 Å². The van der Waals surface area contributed by atoms with Gasteiger partial charge in [-0.3, -0.25) is 24.1 Å². The summed E-state index contributed by atoms with van der Waals surface area (Å²) in [4.78, 5) is 107. The van der Waals surface area contributed by atoms with Crippen molar-refractivity contribution in [3.63, 3.8) is 0 Å². The molecule has 21 nitrogen and oxygen atoms in total. The minimum Gasteiger partial charge on any atom is -0.493 e. The predicted octanol–water partition coefficient (Wildman–Crippen LogP) is 6.75. The Kier molecular flexibility index (Phi) is 19.1. The molecule has 5 heterocycles. The van der Waals surface area contributed by atoms with Crippen LogP contribution in [0.15, 0.2) is 89.7 Å². The number of nitrogens with one attached hydrogen (secondary N) is 2. The molecule has 0 spiro atoms. The first kappa shape index (κ1) is 59.6. The molecule has 0 unspecified atom stereocenters. The van der Waals surface area contributed by atoms with E-state index in [2.05, 4.69) is 20.6 Å². The average molecular weight is 1130 g/mol. The minimum absolute atomic E-state index is 0.00295. The fraction of sp³-hybridized carbons (Fsp3) is 0.475. The molecule has 4 aliphatic rings. The number of carboxylic acids is 2. The number of esters is 1. The highest BCUT2D eigenvalue weighted by atomic mass is 32.2.